The maximum absolute atomic E-state index is 13.1. The first-order chi connectivity index (χ1) is 13.6. The van der Waals surface area contributed by atoms with Gasteiger partial charge in [-0.25, -0.2) is 9.37 Å². The molecule has 0 bridgehead atoms. The van der Waals surface area contributed by atoms with Gasteiger partial charge in [0.15, 0.2) is 5.82 Å². The second-order valence-electron chi connectivity index (χ2n) is 6.63. The summed E-state index contributed by atoms with van der Waals surface area (Å²) in [7, 11) is 0. The van der Waals surface area contributed by atoms with Crippen LogP contribution in [-0.4, -0.2) is 42.2 Å². The number of aromatic nitrogens is 2. The Labute approximate surface area is 161 Å². The van der Waals surface area contributed by atoms with Gasteiger partial charge in [0.1, 0.15) is 17.4 Å². The Bertz CT molecular complexity index is 947. The number of carbonyl (C=O) groups excluding carboxylic acids is 1. The van der Waals surface area contributed by atoms with Crippen molar-refractivity contribution in [2.24, 2.45) is 0 Å². The number of piperazine rings is 1. The molecule has 144 valence electrons. The zero-order chi connectivity index (χ0) is 19.5. The summed E-state index contributed by atoms with van der Waals surface area (Å²) in [5.74, 6) is 1.32. The Balaban J connectivity index is 1.35. The van der Waals surface area contributed by atoms with Crippen molar-refractivity contribution in [3.8, 4) is 0 Å². The van der Waals surface area contributed by atoms with Crippen LogP contribution < -0.4 is 15.1 Å². The maximum atomic E-state index is 13.1. The van der Waals surface area contributed by atoms with Crippen LogP contribution in [0.1, 0.15) is 16.1 Å². The predicted octanol–water partition coefficient (Wildman–Crippen LogP) is 3.10. The summed E-state index contributed by atoms with van der Waals surface area (Å²) in [5, 5.41) is 6.42. The van der Waals surface area contributed by atoms with E-state index >= 15 is 0 Å². The van der Waals surface area contributed by atoms with Crippen LogP contribution in [0.15, 0.2) is 53.2 Å². The lowest BCUT2D eigenvalue weighted by Crippen LogP contribution is -2.46. The van der Waals surface area contributed by atoms with E-state index in [0.717, 1.165) is 37.7 Å². The molecule has 1 N–H and O–H groups in total. The molecular weight excluding hydrogens is 361 g/mol. The van der Waals surface area contributed by atoms with Crippen LogP contribution in [-0.2, 0) is 0 Å². The van der Waals surface area contributed by atoms with Crippen molar-refractivity contribution in [3.05, 3.63) is 65.8 Å². The first kappa shape index (κ1) is 18.0. The highest BCUT2D eigenvalue weighted by Gasteiger charge is 2.19. The molecule has 1 aliphatic heterocycles. The third-order valence-corrected chi connectivity index (χ3v) is 4.68. The Morgan fingerprint density at radius 2 is 1.79 bits per heavy atom. The molecule has 2 aromatic heterocycles. The molecule has 4 rings (SSSR count). The normalized spacial score (nSPS) is 14.2. The molecule has 1 saturated heterocycles. The lowest BCUT2D eigenvalue weighted by atomic mass is 10.2. The lowest BCUT2D eigenvalue weighted by molar-refractivity contribution is 0.102. The van der Waals surface area contributed by atoms with Gasteiger partial charge in [-0.1, -0.05) is 5.16 Å². The number of nitrogens with one attached hydrogen (secondary N) is 1. The van der Waals surface area contributed by atoms with Crippen molar-refractivity contribution in [2.45, 2.75) is 6.92 Å². The van der Waals surface area contributed by atoms with E-state index in [2.05, 4.69) is 25.3 Å². The van der Waals surface area contributed by atoms with Crippen molar-refractivity contribution in [1.82, 2.24) is 10.1 Å². The molecule has 0 saturated carbocycles. The van der Waals surface area contributed by atoms with Crippen molar-refractivity contribution >= 4 is 23.2 Å². The summed E-state index contributed by atoms with van der Waals surface area (Å²) in [6, 6.07) is 11.8. The Hall–Kier alpha value is -3.42. The first-order valence-corrected chi connectivity index (χ1v) is 9.05. The van der Waals surface area contributed by atoms with E-state index in [0.29, 0.717) is 17.1 Å². The number of nitrogens with zero attached hydrogens (tertiary/aromatic N) is 4. The summed E-state index contributed by atoms with van der Waals surface area (Å²) in [5.41, 5.74) is 1.47. The van der Waals surface area contributed by atoms with Gasteiger partial charge in [-0.05, 0) is 43.3 Å². The van der Waals surface area contributed by atoms with Gasteiger partial charge >= 0.3 is 0 Å². The SMILES string of the molecule is Cc1cc(NC(=O)c2ccc(N3CCN(c4ccc(F)cc4)CC3)nc2)no1. The number of anilines is 3. The minimum atomic E-state index is -0.284. The van der Waals surface area contributed by atoms with Gasteiger partial charge in [0.05, 0.1) is 5.56 Å². The van der Waals surface area contributed by atoms with Crippen LogP contribution in [0.3, 0.4) is 0 Å². The van der Waals surface area contributed by atoms with Crippen molar-refractivity contribution in [1.29, 1.82) is 0 Å². The van der Waals surface area contributed by atoms with Crippen molar-refractivity contribution in [2.75, 3.05) is 41.3 Å². The van der Waals surface area contributed by atoms with E-state index in [4.69, 9.17) is 4.52 Å². The Morgan fingerprint density at radius 1 is 1.07 bits per heavy atom. The maximum Gasteiger partial charge on any atom is 0.258 e. The van der Waals surface area contributed by atoms with E-state index in [1.807, 2.05) is 6.07 Å². The quantitative estimate of drug-likeness (QED) is 0.749. The second kappa shape index (κ2) is 7.67. The highest BCUT2D eigenvalue weighted by Crippen LogP contribution is 2.20. The summed E-state index contributed by atoms with van der Waals surface area (Å²) in [6.45, 7) is 5.00. The predicted molar refractivity (Wildman–Crippen MR) is 104 cm³/mol. The molecule has 0 radical (unpaired) electrons. The number of hydrogen-bond acceptors (Lipinski definition) is 6. The number of aryl methyl sites for hydroxylation is 1. The number of pyridine rings is 1. The molecule has 3 heterocycles. The third-order valence-electron chi connectivity index (χ3n) is 4.68. The highest BCUT2D eigenvalue weighted by molar-refractivity contribution is 6.03. The van der Waals surface area contributed by atoms with Crippen molar-refractivity contribution < 1.29 is 13.7 Å². The highest BCUT2D eigenvalue weighted by atomic mass is 19.1. The summed E-state index contributed by atoms with van der Waals surface area (Å²) < 4.78 is 18.0. The monoisotopic (exact) mass is 381 g/mol. The fourth-order valence-corrected chi connectivity index (χ4v) is 3.17. The van der Waals surface area contributed by atoms with E-state index in [1.54, 1.807) is 37.4 Å². The van der Waals surface area contributed by atoms with E-state index < -0.39 is 0 Å². The number of halogens is 1. The Kier molecular flexibility index (Phi) is 4.92. The minimum Gasteiger partial charge on any atom is -0.368 e. The molecular formula is C20H20FN5O2. The molecule has 0 atom stereocenters. The minimum absolute atomic E-state index is 0.227. The van der Waals surface area contributed by atoms with Crippen LogP contribution in [0, 0.1) is 12.7 Å². The molecule has 7 nitrogen and oxygen atoms in total. The second-order valence-corrected chi connectivity index (χ2v) is 6.63. The molecule has 3 aromatic rings. The summed E-state index contributed by atoms with van der Waals surface area (Å²) >= 11 is 0. The molecule has 1 aromatic carbocycles. The third kappa shape index (κ3) is 3.95. The van der Waals surface area contributed by atoms with Crippen LogP contribution in [0.2, 0.25) is 0 Å². The lowest BCUT2D eigenvalue weighted by Gasteiger charge is -2.36. The van der Waals surface area contributed by atoms with Gasteiger partial charge in [0, 0.05) is 44.1 Å². The van der Waals surface area contributed by atoms with Gasteiger partial charge in [-0.2, -0.15) is 0 Å². The first-order valence-electron chi connectivity index (χ1n) is 9.05. The molecule has 1 aliphatic rings. The standard InChI is InChI=1S/C20H20FN5O2/c1-14-12-18(24-28-14)23-20(27)15-2-7-19(22-13-15)26-10-8-25(9-11-26)17-5-3-16(21)4-6-17/h2-7,12-13H,8-11H2,1H3,(H,23,24,27). The largest absolute Gasteiger partial charge is 0.368 e. The molecule has 0 unspecified atom stereocenters. The zero-order valence-electron chi connectivity index (χ0n) is 15.4. The van der Waals surface area contributed by atoms with Crippen LogP contribution >= 0.6 is 0 Å². The van der Waals surface area contributed by atoms with Gasteiger partial charge in [0.2, 0.25) is 0 Å². The molecule has 0 spiro atoms. The van der Waals surface area contributed by atoms with Crippen LogP contribution in [0.5, 0.6) is 0 Å². The van der Waals surface area contributed by atoms with E-state index in [1.165, 1.54) is 12.1 Å². The molecule has 1 fully saturated rings. The molecule has 8 heteroatoms. The zero-order valence-corrected chi connectivity index (χ0v) is 15.4. The van der Waals surface area contributed by atoms with Gasteiger partial charge in [0.25, 0.3) is 5.91 Å². The molecule has 0 aliphatic carbocycles. The number of hydrogen-bond donors (Lipinski definition) is 1. The number of carbonyl (C=O) groups is 1. The smallest absolute Gasteiger partial charge is 0.258 e. The fraction of sp³-hybridized carbons (Fsp3) is 0.250. The topological polar surface area (TPSA) is 74.5 Å². The van der Waals surface area contributed by atoms with E-state index in [-0.39, 0.29) is 11.7 Å². The fourth-order valence-electron chi connectivity index (χ4n) is 3.17. The number of amides is 1. The van der Waals surface area contributed by atoms with E-state index in [9.17, 15) is 9.18 Å². The van der Waals surface area contributed by atoms with Crippen LogP contribution in [0.25, 0.3) is 0 Å². The van der Waals surface area contributed by atoms with Gasteiger partial charge in [-0.3, -0.25) is 4.79 Å². The number of benzene rings is 1. The van der Waals surface area contributed by atoms with Gasteiger partial charge < -0.3 is 19.6 Å². The summed E-state index contributed by atoms with van der Waals surface area (Å²) in [6.07, 6.45) is 1.56. The molecule has 1 amide bonds. The average molecular weight is 381 g/mol. The Morgan fingerprint density at radius 3 is 2.39 bits per heavy atom. The van der Waals surface area contributed by atoms with Gasteiger partial charge in [-0.15, -0.1) is 0 Å². The molecule has 28 heavy (non-hydrogen) atoms. The van der Waals surface area contributed by atoms with Crippen molar-refractivity contribution in [3.63, 3.8) is 0 Å². The average Bonchev–Trinajstić information content (AvgIpc) is 3.13. The summed E-state index contributed by atoms with van der Waals surface area (Å²) in [4.78, 5) is 21.1. The van der Waals surface area contributed by atoms with Crippen LogP contribution in [0.4, 0.5) is 21.7 Å². The number of rotatable bonds is 4.